The smallest absolute Gasteiger partial charge is 0.306 e. The number of hydrogen-bond donors (Lipinski definition) is 2. The number of halogens is 1. The molecule has 0 aromatic heterocycles. The van der Waals surface area contributed by atoms with Gasteiger partial charge in [-0.1, -0.05) is 36.2 Å². The zero-order chi connectivity index (χ0) is 15.2. The average molecular weight is 310 g/mol. The van der Waals surface area contributed by atoms with E-state index < -0.39 is 5.97 Å². The second-order valence-corrected chi connectivity index (χ2v) is 5.94. The van der Waals surface area contributed by atoms with Crippen LogP contribution in [-0.4, -0.2) is 23.5 Å². The number of carbonyl (C=O) groups excluding carboxylic acids is 1. The van der Waals surface area contributed by atoms with Crippen LogP contribution < -0.4 is 5.32 Å². The summed E-state index contributed by atoms with van der Waals surface area (Å²) in [6, 6.07) is 7.48. The Morgan fingerprint density at radius 2 is 2.05 bits per heavy atom. The molecule has 1 aromatic rings. The van der Waals surface area contributed by atoms with Crippen LogP contribution in [0.25, 0.3) is 0 Å². The van der Waals surface area contributed by atoms with E-state index in [0.29, 0.717) is 24.4 Å². The van der Waals surface area contributed by atoms with Gasteiger partial charge >= 0.3 is 5.97 Å². The second kappa shape index (κ2) is 7.46. The summed E-state index contributed by atoms with van der Waals surface area (Å²) in [4.78, 5) is 22.9. The molecule has 1 saturated carbocycles. The van der Waals surface area contributed by atoms with Gasteiger partial charge in [0.25, 0.3) is 0 Å². The molecule has 2 unspecified atom stereocenters. The Morgan fingerprint density at radius 1 is 1.29 bits per heavy atom. The summed E-state index contributed by atoms with van der Waals surface area (Å²) >= 11 is 6.05. The second-order valence-electron chi connectivity index (χ2n) is 5.53. The zero-order valence-corrected chi connectivity index (χ0v) is 12.6. The number of benzene rings is 1. The number of carboxylic acids is 1. The van der Waals surface area contributed by atoms with Crippen molar-refractivity contribution in [3.8, 4) is 0 Å². The quantitative estimate of drug-likeness (QED) is 0.849. The summed E-state index contributed by atoms with van der Waals surface area (Å²) in [6.07, 6.45) is 3.49. The highest BCUT2D eigenvalue weighted by Gasteiger charge is 2.32. The Morgan fingerprint density at radius 3 is 2.76 bits per heavy atom. The number of carbonyl (C=O) groups is 2. The Kier molecular flexibility index (Phi) is 5.62. The summed E-state index contributed by atoms with van der Waals surface area (Å²) in [5.74, 6) is -1.05. The summed E-state index contributed by atoms with van der Waals surface area (Å²) < 4.78 is 0. The molecular weight excluding hydrogens is 290 g/mol. The van der Waals surface area contributed by atoms with Crippen molar-refractivity contribution in [1.82, 2.24) is 5.32 Å². The predicted octanol–water partition coefficient (Wildman–Crippen LogP) is 2.89. The van der Waals surface area contributed by atoms with Crippen molar-refractivity contribution in [3.63, 3.8) is 0 Å². The normalized spacial score (nSPS) is 21.2. The van der Waals surface area contributed by atoms with Crippen LogP contribution in [0.1, 0.15) is 31.2 Å². The molecule has 1 aliphatic carbocycles. The largest absolute Gasteiger partial charge is 0.481 e. The van der Waals surface area contributed by atoms with Crippen molar-refractivity contribution in [2.45, 2.75) is 32.1 Å². The Hall–Kier alpha value is -1.55. The average Bonchev–Trinajstić information content (AvgIpc) is 2.93. The van der Waals surface area contributed by atoms with Crippen LogP contribution in [0.4, 0.5) is 0 Å². The topological polar surface area (TPSA) is 66.4 Å². The molecule has 0 aliphatic heterocycles. The van der Waals surface area contributed by atoms with Crippen molar-refractivity contribution < 1.29 is 14.7 Å². The van der Waals surface area contributed by atoms with E-state index in [1.807, 2.05) is 24.3 Å². The Balaban J connectivity index is 1.75. The molecule has 0 heterocycles. The number of nitrogens with one attached hydrogen (secondary N) is 1. The fraction of sp³-hybridized carbons (Fsp3) is 0.500. The van der Waals surface area contributed by atoms with Gasteiger partial charge < -0.3 is 10.4 Å². The number of aliphatic carboxylic acids is 1. The first-order chi connectivity index (χ1) is 10.1. The Bertz CT molecular complexity index is 518. The van der Waals surface area contributed by atoms with Crippen molar-refractivity contribution in [2.75, 3.05) is 6.54 Å². The van der Waals surface area contributed by atoms with Gasteiger partial charge in [0, 0.05) is 18.0 Å². The van der Waals surface area contributed by atoms with Crippen LogP contribution in [0.2, 0.25) is 5.02 Å². The standard InChI is InChI=1S/C16H20ClNO3/c17-14-7-2-1-4-11(14)8-9-15(19)18-10-12-5-3-6-13(12)16(20)21/h1-2,4,7,12-13H,3,5-6,8-10H2,(H,18,19)(H,20,21). The van der Waals surface area contributed by atoms with Gasteiger partial charge in [-0.05, 0) is 36.8 Å². The number of rotatable bonds is 6. The van der Waals surface area contributed by atoms with Crippen molar-refractivity contribution in [2.24, 2.45) is 11.8 Å². The van der Waals surface area contributed by atoms with Gasteiger partial charge in [-0.3, -0.25) is 9.59 Å². The van der Waals surface area contributed by atoms with Crippen LogP contribution in [0, 0.1) is 11.8 Å². The van der Waals surface area contributed by atoms with Crippen LogP contribution in [0.15, 0.2) is 24.3 Å². The van der Waals surface area contributed by atoms with Gasteiger partial charge in [-0.15, -0.1) is 0 Å². The summed E-state index contributed by atoms with van der Waals surface area (Å²) in [7, 11) is 0. The highest BCUT2D eigenvalue weighted by molar-refractivity contribution is 6.31. The Labute approximate surface area is 129 Å². The molecule has 0 radical (unpaired) electrons. The number of amides is 1. The van der Waals surface area contributed by atoms with Gasteiger partial charge in [-0.2, -0.15) is 0 Å². The summed E-state index contributed by atoms with van der Waals surface area (Å²) in [5, 5.41) is 12.6. The molecule has 1 aliphatic rings. The molecule has 0 spiro atoms. The number of carboxylic acid groups (broad SMARTS) is 1. The van der Waals surface area contributed by atoms with E-state index >= 15 is 0 Å². The minimum absolute atomic E-state index is 0.0500. The predicted molar refractivity (Wildman–Crippen MR) is 81.2 cm³/mol. The number of hydrogen-bond acceptors (Lipinski definition) is 2. The van der Waals surface area contributed by atoms with Crippen LogP contribution in [0.5, 0.6) is 0 Å². The lowest BCUT2D eigenvalue weighted by Crippen LogP contribution is -2.33. The molecule has 2 rings (SSSR count). The molecule has 1 aromatic carbocycles. The van der Waals surface area contributed by atoms with E-state index in [2.05, 4.69) is 5.32 Å². The minimum atomic E-state index is -0.747. The van der Waals surface area contributed by atoms with Crippen LogP contribution in [0.3, 0.4) is 0 Å². The molecule has 0 saturated heterocycles. The maximum absolute atomic E-state index is 11.9. The fourth-order valence-electron chi connectivity index (χ4n) is 2.89. The van der Waals surface area contributed by atoms with E-state index in [1.165, 1.54) is 0 Å². The summed E-state index contributed by atoms with van der Waals surface area (Å²) in [6.45, 7) is 0.457. The van der Waals surface area contributed by atoms with E-state index in [4.69, 9.17) is 16.7 Å². The maximum Gasteiger partial charge on any atom is 0.306 e. The first-order valence-electron chi connectivity index (χ1n) is 7.31. The highest BCUT2D eigenvalue weighted by Crippen LogP contribution is 2.31. The highest BCUT2D eigenvalue weighted by atomic mass is 35.5. The molecule has 4 nitrogen and oxygen atoms in total. The van der Waals surface area contributed by atoms with Gasteiger partial charge in [-0.25, -0.2) is 0 Å². The monoisotopic (exact) mass is 309 g/mol. The van der Waals surface area contributed by atoms with E-state index in [9.17, 15) is 9.59 Å². The molecule has 0 bridgehead atoms. The van der Waals surface area contributed by atoms with Crippen molar-refractivity contribution >= 4 is 23.5 Å². The first-order valence-corrected chi connectivity index (χ1v) is 7.68. The summed E-state index contributed by atoms with van der Waals surface area (Å²) in [5.41, 5.74) is 0.957. The zero-order valence-electron chi connectivity index (χ0n) is 11.8. The fourth-order valence-corrected chi connectivity index (χ4v) is 3.12. The lowest BCUT2D eigenvalue weighted by molar-refractivity contribution is -0.143. The van der Waals surface area contributed by atoms with Gasteiger partial charge in [0.1, 0.15) is 0 Å². The lowest BCUT2D eigenvalue weighted by atomic mass is 9.96. The third-order valence-corrected chi connectivity index (χ3v) is 4.49. The van der Waals surface area contributed by atoms with E-state index in [-0.39, 0.29) is 17.7 Å². The number of aryl methyl sites for hydroxylation is 1. The van der Waals surface area contributed by atoms with Gasteiger partial charge in [0.15, 0.2) is 0 Å². The van der Waals surface area contributed by atoms with Crippen molar-refractivity contribution in [3.05, 3.63) is 34.9 Å². The molecule has 2 atom stereocenters. The lowest BCUT2D eigenvalue weighted by Gasteiger charge is -2.16. The third-order valence-electron chi connectivity index (χ3n) is 4.12. The molecule has 2 N–H and O–H groups in total. The molecular formula is C16H20ClNO3. The van der Waals surface area contributed by atoms with E-state index in [1.54, 1.807) is 0 Å². The first kappa shape index (κ1) is 15.8. The molecule has 114 valence electrons. The molecule has 5 heteroatoms. The van der Waals surface area contributed by atoms with Crippen molar-refractivity contribution in [1.29, 1.82) is 0 Å². The SMILES string of the molecule is O=C(CCc1ccccc1Cl)NCC1CCCC1C(=O)O. The third kappa shape index (κ3) is 4.46. The van der Waals surface area contributed by atoms with E-state index in [0.717, 1.165) is 24.8 Å². The molecule has 1 fully saturated rings. The maximum atomic E-state index is 11.9. The van der Waals surface area contributed by atoms with Crippen LogP contribution >= 0.6 is 11.6 Å². The molecule has 21 heavy (non-hydrogen) atoms. The van der Waals surface area contributed by atoms with Gasteiger partial charge in [0.2, 0.25) is 5.91 Å². The van der Waals surface area contributed by atoms with Crippen LogP contribution in [-0.2, 0) is 16.0 Å². The van der Waals surface area contributed by atoms with Gasteiger partial charge in [0.05, 0.1) is 5.92 Å². The molecule has 1 amide bonds. The minimum Gasteiger partial charge on any atom is -0.481 e.